The average Bonchev–Trinajstić information content (AvgIpc) is 1.80. The van der Waals surface area contributed by atoms with Crippen LogP contribution in [-0.4, -0.2) is 0 Å². The van der Waals surface area contributed by atoms with E-state index >= 15 is 0 Å². The maximum Gasteiger partial charge on any atom is 0.125 e. The fourth-order valence-corrected chi connectivity index (χ4v) is 0.519. The predicted molar refractivity (Wildman–Crippen MR) is 30.3 cm³/mol. The number of halogens is 1. The van der Waals surface area contributed by atoms with Crippen LogP contribution in [-0.2, 0) is 0 Å². The molecule has 0 unspecified atom stereocenters. The zero-order valence-corrected chi connectivity index (χ0v) is 4.60. The number of hydrogen-bond acceptors (Lipinski definition) is 2. The highest BCUT2D eigenvalue weighted by molar-refractivity contribution is 5.50. The van der Waals surface area contributed by atoms with E-state index in [-0.39, 0.29) is 11.4 Å². The largest absolute Gasteiger partial charge is 0.871 e. The molecule has 48 valence electrons. The van der Waals surface area contributed by atoms with E-state index in [0.717, 1.165) is 18.2 Å². The minimum absolute atomic E-state index is 0.0463. The van der Waals surface area contributed by atoms with Gasteiger partial charge in [0.25, 0.3) is 0 Å². The Bertz CT molecular complexity index is 224. The van der Waals surface area contributed by atoms with Gasteiger partial charge in [-0.2, -0.15) is 0 Å². The monoisotopic (exact) mass is 126 g/mol. The number of nitrogens with two attached hydrogens (primary N) is 1. The van der Waals surface area contributed by atoms with E-state index in [1.807, 2.05) is 0 Å². The van der Waals surface area contributed by atoms with Crippen molar-refractivity contribution in [3.05, 3.63) is 24.0 Å². The molecule has 0 spiro atoms. The summed E-state index contributed by atoms with van der Waals surface area (Å²) in [5, 5.41) is 10.5. The first kappa shape index (κ1) is 5.88. The van der Waals surface area contributed by atoms with Gasteiger partial charge in [-0.3, -0.25) is 0 Å². The van der Waals surface area contributed by atoms with Crippen LogP contribution < -0.4 is 10.8 Å². The lowest BCUT2D eigenvalue weighted by Crippen LogP contribution is -1.96. The van der Waals surface area contributed by atoms with Gasteiger partial charge in [-0.25, -0.2) is 4.39 Å². The van der Waals surface area contributed by atoms with Crippen LogP contribution in [0.15, 0.2) is 18.2 Å². The highest BCUT2D eigenvalue weighted by atomic mass is 19.1. The maximum atomic E-state index is 12.1. The summed E-state index contributed by atoms with van der Waals surface area (Å²) in [4.78, 5) is 0. The Kier molecular flexibility index (Phi) is 1.26. The first-order valence-electron chi connectivity index (χ1n) is 2.42. The fraction of sp³-hybridized carbons (Fsp3) is 0. The Labute approximate surface area is 51.7 Å². The molecule has 0 heterocycles. The molecule has 0 radical (unpaired) electrons. The molecule has 2 nitrogen and oxygen atoms in total. The Morgan fingerprint density at radius 1 is 1.44 bits per heavy atom. The SMILES string of the molecule is Nc1cc(F)ccc1[O-]. The molecule has 0 atom stereocenters. The van der Waals surface area contributed by atoms with E-state index in [9.17, 15) is 9.50 Å². The van der Waals surface area contributed by atoms with Crippen molar-refractivity contribution in [2.24, 2.45) is 0 Å². The van der Waals surface area contributed by atoms with Gasteiger partial charge in [0, 0.05) is 5.69 Å². The van der Waals surface area contributed by atoms with Crippen molar-refractivity contribution in [2.45, 2.75) is 0 Å². The molecule has 9 heavy (non-hydrogen) atoms. The second-order valence-corrected chi connectivity index (χ2v) is 1.68. The third-order valence-corrected chi connectivity index (χ3v) is 0.972. The molecule has 0 aliphatic rings. The summed E-state index contributed by atoms with van der Waals surface area (Å²) in [6, 6.07) is 3.19. The van der Waals surface area contributed by atoms with Gasteiger partial charge in [0.2, 0.25) is 0 Å². The topological polar surface area (TPSA) is 49.1 Å². The predicted octanol–water partition coefficient (Wildman–Crippen LogP) is 0.481. The minimum atomic E-state index is -0.480. The van der Waals surface area contributed by atoms with Crippen molar-refractivity contribution in [1.82, 2.24) is 0 Å². The molecule has 0 bridgehead atoms. The summed E-state index contributed by atoms with van der Waals surface area (Å²) in [6.45, 7) is 0. The van der Waals surface area contributed by atoms with E-state index in [1.165, 1.54) is 0 Å². The van der Waals surface area contributed by atoms with Gasteiger partial charge in [0.1, 0.15) is 5.82 Å². The molecule has 0 amide bonds. The van der Waals surface area contributed by atoms with Crippen LogP contribution in [0.1, 0.15) is 0 Å². The first-order valence-corrected chi connectivity index (χ1v) is 2.42. The van der Waals surface area contributed by atoms with E-state index < -0.39 is 5.82 Å². The standard InChI is InChI=1S/C6H6FNO/c7-4-1-2-6(9)5(8)3-4/h1-3,9H,8H2/p-1. The van der Waals surface area contributed by atoms with Crippen molar-refractivity contribution in [1.29, 1.82) is 0 Å². The zero-order chi connectivity index (χ0) is 6.85. The molecular formula is C6H5FNO-. The zero-order valence-electron chi connectivity index (χ0n) is 4.60. The third kappa shape index (κ3) is 1.10. The smallest absolute Gasteiger partial charge is 0.125 e. The van der Waals surface area contributed by atoms with Crippen LogP contribution in [0.3, 0.4) is 0 Å². The van der Waals surface area contributed by atoms with Crippen LogP contribution in [0.2, 0.25) is 0 Å². The lowest BCUT2D eigenvalue weighted by atomic mass is 10.3. The summed E-state index contributed by atoms with van der Waals surface area (Å²) in [5.41, 5.74) is 5.02. The van der Waals surface area contributed by atoms with Gasteiger partial charge in [-0.15, -0.1) is 0 Å². The summed E-state index contributed by atoms with van der Waals surface area (Å²) in [7, 11) is 0. The van der Waals surface area contributed by atoms with Crippen LogP contribution >= 0.6 is 0 Å². The highest BCUT2D eigenvalue weighted by Gasteiger charge is 1.88. The molecule has 0 aliphatic carbocycles. The Morgan fingerprint density at radius 3 is 2.56 bits per heavy atom. The van der Waals surface area contributed by atoms with Gasteiger partial charge in [-0.1, -0.05) is 11.8 Å². The normalized spacial score (nSPS) is 9.44. The van der Waals surface area contributed by atoms with E-state index in [0.29, 0.717) is 0 Å². The molecule has 0 aliphatic heterocycles. The van der Waals surface area contributed by atoms with Crippen molar-refractivity contribution in [3.63, 3.8) is 0 Å². The second kappa shape index (κ2) is 1.93. The van der Waals surface area contributed by atoms with Crippen LogP contribution in [0.25, 0.3) is 0 Å². The Morgan fingerprint density at radius 2 is 2.11 bits per heavy atom. The molecule has 0 fully saturated rings. The van der Waals surface area contributed by atoms with Crippen molar-refractivity contribution in [2.75, 3.05) is 5.73 Å². The van der Waals surface area contributed by atoms with Crippen molar-refractivity contribution < 1.29 is 9.50 Å². The molecule has 3 heteroatoms. The Hall–Kier alpha value is -1.25. The fourth-order valence-electron chi connectivity index (χ4n) is 0.519. The average molecular weight is 126 g/mol. The number of hydrogen-bond donors (Lipinski definition) is 1. The quantitative estimate of drug-likeness (QED) is 0.514. The molecular weight excluding hydrogens is 121 g/mol. The van der Waals surface area contributed by atoms with E-state index in [2.05, 4.69) is 0 Å². The Balaban J connectivity index is 3.17. The molecule has 0 saturated carbocycles. The van der Waals surface area contributed by atoms with Crippen LogP contribution in [0, 0.1) is 5.82 Å². The van der Waals surface area contributed by atoms with Gasteiger partial charge in [-0.05, 0) is 12.1 Å². The number of nitrogen functional groups attached to an aromatic ring is 1. The summed E-state index contributed by atoms with van der Waals surface area (Å²) < 4.78 is 12.1. The van der Waals surface area contributed by atoms with E-state index in [1.54, 1.807) is 0 Å². The van der Waals surface area contributed by atoms with Gasteiger partial charge in [0.15, 0.2) is 0 Å². The van der Waals surface area contributed by atoms with Crippen molar-refractivity contribution >= 4 is 5.69 Å². The summed E-state index contributed by atoms with van der Waals surface area (Å²) in [5.74, 6) is -0.816. The lowest BCUT2D eigenvalue weighted by molar-refractivity contribution is -0.267. The second-order valence-electron chi connectivity index (χ2n) is 1.68. The molecule has 0 saturated heterocycles. The van der Waals surface area contributed by atoms with E-state index in [4.69, 9.17) is 5.73 Å². The third-order valence-electron chi connectivity index (χ3n) is 0.972. The van der Waals surface area contributed by atoms with Gasteiger partial charge >= 0.3 is 0 Å². The molecule has 0 aromatic heterocycles. The number of benzene rings is 1. The summed E-state index contributed by atoms with van der Waals surface area (Å²) in [6.07, 6.45) is 0. The van der Waals surface area contributed by atoms with Gasteiger partial charge in [0.05, 0.1) is 0 Å². The highest BCUT2D eigenvalue weighted by Crippen LogP contribution is 2.15. The minimum Gasteiger partial charge on any atom is -0.871 e. The van der Waals surface area contributed by atoms with Gasteiger partial charge < -0.3 is 10.8 Å². The number of anilines is 1. The molecule has 2 N–H and O–H groups in total. The van der Waals surface area contributed by atoms with Crippen molar-refractivity contribution in [3.8, 4) is 5.75 Å². The summed E-state index contributed by atoms with van der Waals surface area (Å²) >= 11 is 0. The van der Waals surface area contributed by atoms with Crippen LogP contribution in [0.4, 0.5) is 10.1 Å². The maximum absolute atomic E-state index is 12.1. The van der Waals surface area contributed by atoms with Crippen LogP contribution in [0.5, 0.6) is 5.75 Å². The molecule has 1 aromatic carbocycles. The molecule has 1 aromatic rings. The lowest BCUT2D eigenvalue weighted by Gasteiger charge is -2.06. The number of rotatable bonds is 0. The first-order chi connectivity index (χ1) is 4.20. The molecule has 1 rings (SSSR count).